The molecule has 5 heteroatoms. The van der Waals surface area contributed by atoms with E-state index in [0.29, 0.717) is 12.0 Å². The van der Waals surface area contributed by atoms with Crippen LogP contribution >= 0.6 is 0 Å². The number of rotatable bonds is 2. The lowest BCUT2D eigenvalue weighted by atomic mass is 10.0. The molecular formula is C22H22N2O3. The maximum atomic E-state index is 11.2. The summed E-state index contributed by atoms with van der Waals surface area (Å²) in [4.78, 5) is 24.8. The van der Waals surface area contributed by atoms with Gasteiger partial charge in [0.2, 0.25) is 5.91 Å². The maximum Gasteiger partial charge on any atom is 0.337 e. The number of benzene rings is 2. The topological polar surface area (TPSA) is 82.2 Å². The van der Waals surface area contributed by atoms with Crippen LogP contribution in [0, 0.1) is 20.8 Å². The number of nitrogens with one attached hydrogen (secondary N) is 2. The van der Waals surface area contributed by atoms with E-state index in [2.05, 4.69) is 28.5 Å². The molecule has 5 nitrogen and oxygen atoms in total. The van der Waals surface area contributed by atoms with E-state index in [1.165, 1.54) is 5.56 Å². The molecule has 1 aromatic heterocycles. The number of carbonyl (C=O) groups is 2. The molecular weight excluding hydrogens is 340 g/mol. The van der Waals surface area contributed by atoms with E-state index in [-0.39, 0.29) is 5.91 Å². The molecule has 138 valence electrons. The highest BCUT2D eigenvalue weighted by Crippen LogP contribution is 2.28. The molecule has 0 spiro atoms. The van der Waals surface area contributed by atoms with E-state index < -0.39 is 5.97 Å². The number of hydrogen-bond donors (Lipinski definition) is 3. The molecule has 3 aromatic rings. The van der Waals surface area contributed by atoms with E-state index in [9.17, 15) is 9.59 Å². The Labute approximate surface area is 158 Å². The molecule has 27 heavy (non-hydrogen) atoms. The molecule has 0 unspecified atom stereocenters. The largest absolute Gasteiger partial charge is 0.478 e. The second-order valence-corrected chi connectivity index (χ2v) is 6.64. The number of carbonyl (C=O) groups excluding carboxylic acids is 1. The Bertz CT molecular complexity index is 1000. The van der Waals surface area contributed by atoms with Crippen molar-refractivity contribution in [3.05, 3.63) is 76.6 Å². The average Bonchev–Trinajstić information content (AvgIpc) is 3.13. The van der Waals surface area contributed by atoms with Crippen LogP contribution in [0.2, 0.25) is 0 Å². The molecule has 0 saturated carbocycles. The Hall–Kier alpha value is -3.34. The second kappa shape index (κ2) is 7.50. The number of aryl methyl sites for hydroxylation is 2. The van der Waals surface area contributed by atoms with Crippen molar-refractivity contribution in [2.75, 3.05) is 5.32 Å². The lowest BCUT2D eigenvalue weighted by Crippen LogP contribution is -2.03. The number of H-pyrrole nitrogens is 1. The average molecular weight is 362 g/mol. The fourth-order valence-corrected chi connectivity index (χ4v) is 3.27. The molecule has 0 saturated heterocycles. The van der Waals surface area contributed by atoms with Gasteiger partial charge in [-0.2, -0.15) is 0 Å². The fraction of sp³-hybridized carbons (Fsp3) is 0.182. The van der Waals surface area contributed by atoms with Crippen molar-refractivity contribution in [1.29, 1.82) is 0 Å². The predicted octanol–water partition coefficient (Wildman–Crippen LogP) is 4.49. The molecule has 2 heterocycles. The van der Waals surface area contributed by atoms with Gasteiger partial charge in [-0.1, -0.05) is 36.4 Å². The molecule has 3 N–H and O–H groups in total. The maximum absolute atomic E-state index is 11.2. The molecule has 4 rings (SSSR count). The summed E-state index contributed by atoms with van der Waals surface area (Å²) in [6, 6.07) is 16.3. The van der Waals surface area contributed by atoms with Gasteiger partial charge in [0.1, 0.15) is 0 Å². The number of fused-ring (bicyclic) bond motifs is 1. The third kappa shape index (κ3) is 3.92. The quantitative estimate of drug-likeness (QED) is 0.628. The summed E-state index contributed by atoms with van der Waals surface area (Å²) in [5, 5.41) is 11.6. The van der Waals surface area contributed by atoms with Crippen LogP contribution in [0.3, 0.4) is 0 Å². The minimum absolute atomic E-state index is 0.0835. The smallest absolute Gasteiger partial charge is 0.337 e. The Morgan fingerprint density at radius 1 is 0.963 bits per heavy atom. The Kier molecular flexibility index (Phi) is 5.12. The van der Waals surface area contributed by atoms with Crippen molar-refractivity contribution >= 4 is 17.6 Å². The minimum Gasteiger partial charge on any atom is -0.478 e. The zero-order chi connectivity index (χ0) is 19.6. The SMILES string of the molecule is Cc1[nH]c(C)c(C(=O)O)c1C.O=C1Cc2cc(-c3ccccc3)ccc2N1. The van der Waals surface area contributed by atoms with Crippen LogP contribution in [0.15, 0.2) is 48.5 Å². The molecule has 0 radical (unpaired) electrons. The summed E-state index contributed by atoms with van der Waals surface area (Å²) in [6.07, 6.45) is 0.496. The zero-order valence-electron chi connectivity index (χ0n) is 15.6. The standard InChI is InChI=1S/C14H11NO.C8H11NO2/c16-14-9-12-8-11(6-7-13(12)15-14)10-4-2-1-3-5-10;1-4-5(2)9-6(3)7(4)8(10)11/h1-8H,9H2,(H,15,16);9H,1-3H3,(H,10,11). The third-order valence-electron chi connectivity index (χ3n) is 4.74. The van der Waals surface area contributed by atoms with Crippen molar-refractivity contribution < 1.29 is 14.7 Å². The van der Waals surface area contributed by atoms with Gasteiger partial charge in [0.15, 0.2) is 0 Å². The van der Waals surface area contributed by atoms with Gasteiger partial charge >= 0.3 is 5.97 Å². The summed E-state index contributed by atoms with van der Waals surface area (Å²) in [6.45, 7) is 5.44. The highest BCUT2D eigenvalue weighted by atomic mass is 16.4. The first-order chi connectivity index (χ1) is 12.9. The summed E-state index contributed by atoms with van der Waals surface area (Å²) < 4.78 is 0. The first-order valence-corrected chi connectivity index (χ1v) is 8.74. The molecule has 0 atom stereocenters. The van der Waals surface area contributed by atoms with Gasteiger partial charge in [0, 0.05) is 17.1 Å². The molecule has 1 aliphatic rings. The number of anilines is 1. The van der Waals surface area contributed by atoms with Crippen LogP contribution < -0.4 is 5.32 Å². The van der Waals surface area contributed by atoms with Crippen LogP contribution in [-0.4, -0.2) is 22.0 Å². The van der Waals surface area contributed by atoms with E-state index >= 15 is 0 Å². The van der Waals surface area contributed by atoms with Gasteiger partial charge in [0.25, 0.3) is 0 Å². The van der Waals surface area contributed by atoms with Crippen LogP contribution in [0.1, 0.15) is 32.9 Å². The second-order valence-electron chi connectivity index (χ2n) is 6.64. The van der Waals surface area contributed by atoms with Crippen LogP contribution in [0.4, 0.5) is 5.69 Å². The highest BCUT2D eigenvalue weighted by Gasteiger charge is 2.17. The summed E-state index contributed by atoms with van der Waals surface area (Å²) >= 11 is 0. The fourth-order valence-electron chi connectivity index (χ4n) is 3.27. The molecule has 0 bridgehead atoms. The number of aromatic nitrogens is 1. The van der Waals surface area contributed by atoms with Crippen molar-refractivity contribution in [2.24, 2.45) is 0 Å². The van der Waals surface area contributed by atoms with Gasteiger partial charge in [-0.15, -0.1) is 0 Å². The van der Waals surface area contributed by atoms with Gasteiger partial charge in [-0.25, -0.2) is 4.79 Å². The Morgan fingerprint density at radius 3 is 2.22 bits per heavy atom. The van der Waals surface area contributed by atoms with Crippen molar-refractivity contribution in [2.45, 2.75) is 27.2 Å². The van der Waals surface area contributed by atoms with Crippen molar-refractivity contribution in [3.8, 4) is 11.1 Å². The lowest BCUT2D eigenvalue weighted by molar-refractivity contribution is -0.115. The van der Waals surface area contributed by atoms with Crippen LogP contribution in [-0.2, 0) is 11.2 Å². The van der Waals surface area contributed by atoms with E-state index in [0.717, 1.165) is 33.8 Å². The summed E-state index contributed by atoms with van der Waals surface area (Å²) in [7, 11) is 0. The lowest BCUT2D eigenvalue weighted by Gasteiger charge is -2.04. The molecule has 0 fully saturated rings. The number of aromatic amines is 1. The Morgan fingerprint density at radius 2 is 1.67 bits per heavy atom. The number of hydrogen-bond acceptors (Lipinski definition) is 2. The number of aromatic carboxylic acids is 1. The van der Waals surface area contributed by atoms with E-state index in [4.69, 9.17) is 5.11 Å². The first-order valence-electron chi connectivity index (χ1n) is 8.74. The number of amides is 1. The van der Waals surface area contributed by atoms with Gasteiger partial charge < -0.3 is 15.4 Å². The predicted molar refractivity (Wildman–Crippen MR) is 106 cm³/mol. The summed E-state index contributed by atoms with van der Waals surface area (Å²) in [5.41, 5.74) is 7.28. The molecule has 2 aromatic carbocycles. The van der Waals surface area contributed by atoms with E-state index in [1.54, 1.807) is 6.92 Å². The molecule has 1 aliphatic heterocycles. The van der Waals surface area contributed by atoms with E-state index in [1.807, 2.05) is 44.2 Å². The normalized spacial score (nSPS) is 12.0. The molecule has 0 aliphatic carbocycles. The van der Waals surface area contributed by atoms with Gasteiger partial charge in [-0.3, -0.25) is 4.79 Å². The third-order valence-corrected chi connectivity index (χ3v) is 4.74. The Balaban J connectivity index is 0.000000168. The van der Waals surface area contributed by atoms with Crippen molar-refractivity contribution in [3.63, 3.8) is 0 Å². The first kappa shape index (κ1) is 18.5. The van der Waals surface area contributed by atoms with Crippen molar-refractivity contribution in [1.82, 2.24) is 4.98 Å². The van der Waals surface area contributed by atoms with Gasteiger partial charge in [0.05, 0.1) is 12.0 Å². The number of carboxylic acid groups (broad SMARTS) is 1. The minimum atomic E-state index is -0.857. The monoisotopic (exact) mass is 362 g/mol. The summed E-state index contributed by atoms with van der Waals surface area (Å²) in [5.74, 6) is -0.774. The zero-order valence-corrected chi connectivity index (χ0v) is 15.6. The molecule has 1 amide bonds. The van der Waals surface area contributed by atoms with Crippen LogP contribution in [0.5, 0.6) is 0 Å². The number of carboxylic acids is 1. The van der Waals surface area contributed by atoms with Gasteiger partial charge in [-0.05, 0) is 55.2 Å². The highest BCUT2D eigenvalue weighted by molar-refractivity contribution is 5.99. The van der Waals surface area contributed by atoms with Crippen LogP contribution in [0.25, 0.3) is 11.1 Å².